The number of amides is 1. The fourth-order valence-electron chi connectivity index (χ4n) is 5.90. The summed E-state index contributed by atoms with van der Waals surface area (Å²) in [6, 6.07) is 15.7. The molecular formula is C25H30Cl2N2O2. The van der Waals surface area contributed by atoms with Crippen molar-refractivity contribution in [3.8, 4) is 0 Å². The number of carbonyl (C=O) groups excluding carboxylic acids is 1. The lowest BCUT2D eigenvalue weighted by Crippen LogP contribution is -2.49. The Kier molecular flexibility index (Phi) is 6.64. The van der Waals surface area contributed by atoms with E-state index in [0.29, 0.717) is 12.5 Å². The van der Waals surface area contributed by atoms with Gasteiger partial charge in [0.2, 0.25) is 5.91 Å². The van der Waals surface area contributed by atoms with E-state index in [-0.39, 0.29) is 36.4 Å². The van der Waals surface area contributed by atoms with Gasteiger partial charge in [-0.2, -0.15) is 0 Å². The zero-order valence-corrected chi connectivity index (χ0v) is 19.5. The van der Waals surface area contributed by atoms with Crippen molar-refractivity contribution in [2.24, 2.45) is 0 Å². The molecule has 2 aromatic rings. The summed E-state index contributed by atoms with van der Waals surface area (Å²) in [4.78, 5) is 14.6. The predicted octanol–water partition coefficient (Wildman–Crippen LogP) is 4.51. The highest BCUT2D eigenvalue weighted by molar-refractivity contribution is 6.30. The standard InChI is InChI=1S/C25H29ClN2O2.ClH/c1-2-30-15-24(29)27-18-9-11-28(12-10-18)16-25-14-21(19-5-3-4-6-22(19)25)20-8-7-17(26)13-23(20)25;/h3-8,13,18,21H,2,9-12,14-16H2,1H3,(H,27,29);1H/t21-,25+;/m1./s1. The maximum absolute atomic E-state index is 12.0. The number of hydrogen-bond donors (Lipinski definition) is 1. The van der Waals surface area contributed by atoms with Crippen LogP contribution in [-0.4, -0.2) is 49.7 Å². The normalized spacial score (nSPS) is 24.4. The van der Waals surface area contributed by atoms with Crippen LogP contribution in [0.5, 0.6) is 0 Å². The summed E-state index contributed by atoms with van der Waals surface area (Å²) in [7, 11) is 0. The Morgan fingerprint density at radius 1 is 1.16 bits per heavy atom. The predicted molar refractivity (Wildman–Crippen MR) is 126 cm³/mol. The first kappa shape index (κ1) is 22.6. The summed E-state index contributed by atoms with van der Waals surface area (Å²) in [5.41, 5.74) is 5.89. The third-order valence-corrected chi connectivity index (χ3v) is 7.43. The SMILES string of the molecule is CCOCC(=O)NC1CCN(C[C@@]23C[C@H](c4ccccc42)c2ccc(Cl)cc23)CC1.Cl. The lowest BCUT2D eigenvalue weighted by atomic mass is 9.74. The minimum absolute atomic E-state index is 0. The maximum atomic E-state index is 12.0. The Labute approximate surface area is 195 Å². The number of halogens is 2. The zero-order chi connectivity index (χ0) is 20.7. The molecule has 1 fully saturated rings. The Balaban J connectivity index is 0.00000231. The average molecular weight is 461 g/mol. The number of likely N-dealkylation sites (tertiary alicyclic amines) is 1. The van der Waals surface area contributed by atoms with Crippen LogP contribution in [0.2, 0.25) is 5.02 Å². The molecule has 3 aliphatic rings. The highest BCUT2D eigenvalue weighted by Gasteiger charge is 2.53. The Hall–Kier alpha value is -1.59. The van der Waals surface area contributed by atoms with Crippen LogP contribution in [0.15, 0.2) is 42.5 Å². The van der Waals surface area contributed by atoms with Crippen LogP contribution in [-0.2, 0) is 14.9 Å². The first-order chi connectivity index (χ1) is 14.6. The lowest BCUT2D eigenvalue weighted by Gasteiger charge is -2.40. The van der Waals surface area contributed by atoms with E-state index in [4.69, 9.17) is 16.3 Å². The first-order valence-corrected chi connectivity index (χ1v) is 11.5. The highest BCUT2D eigenvalue weighted by Crippen LogP contribution is 2.60. The maximum Gasteiger partial charge on any atom is 0.246 e. The van der Waals surface area contributed by atoms with Crippen LogP contribution >= 0.6 is 24.0 Å². The minimum atomic E-state index is 0. The molecule has 0 saturated carbocycles. The van der Waals surface area contributed by atoms with E-state index in [1.807, 2.05) is 13.0 Å². The van der Waals surface area contributed by atoms with Crippen LogP contribution < -0.4 is 5.32 Å². The van der Waals surface area contributed by atoms with Gasteiger partial charge in [0.1, 0.15) is 6.61 Å². The van der Waals surface area contributed by atoms with E-state index >= 15 is 0 Å². The molecule has 0 aromatic heterocycles. The first-order valence-electron chi connectivity index (χ1n) is 11.1. The molecule has 1 saturated heterocycles. The molecule has 2 atom stereocenters. The van der Waals surface area contributed by atoms with Crippen LogP contribution in [0.25, 0.3) is 0 Å². The molecule has 1 heterocycles. The second-order valence-corrected chi connectivity index (χ2v) is 9.35. The number of fused-ring (bicyclic) bond motifs is 8. The summed E-state index contributed by atoms with van der Waals surface area (Å²) in [6.45, 7) is 5.67. The van der Waals surface area contributed by atoms with Gasteiger partial charge in [0, 0.05) is 48.6 Å². The molecule has 5 rings (SSSR count). The quantitative estimate of drug-likeness (QED) is 0.688. The Morgan fingerprint density at radius 3 is 2.68 bits per heavy atom. The van der Waals surface area contributed by atoms with E-state index in [0.717, 1.165) is 43.9 Å². The van der Waals surface area contributed by atoms with Gasteiger partial charge in [-0.3, -0.25) is 4.79 Å². The molecule has 6 heteroatoms. The van der Waals surface area contributed by atoms with E-state index in [2.05, 4.69) is 46.6 Å². The summed E-state index contributed by atoms with van der Waals surface area (Å²) in [5.74, 6) is 0.490. The zero-order valence-electron chi connectivity index (χ0n) is 17.9. The van der Waals surface area contributed by atoms with Gasteiger partial charge >= 0.3 is 0 Å². The van der Waals surface area contributed by atoms with Crippen molar-refractivity contribution < 1.29 is 9.53 Å². The molecule has 166 valence electrons. The van der Waals surface area contributed by atoms with Gasteiger partial charge in [0.15, 0.2) is 0 Å². The van der Waals surface area contributed by atoms with Gasteiger partial charge in [0.05, 0.1) is 0 Å². The molecule has 1 amide bonds. The summed E-state index contributed by atoms with van der Waals surface area (Å²) < 4.78 is 5.22. The van der Waals surface area contributed by atoms with Crippen molar-refractivity contribution >= 4 is 29.9 Å². The smallest absolute Gasteiger partial charge is 0.246 e. The molecule has 0 spiro atoms. The van der Waals surface area contributed by atoms with Crippen molar-refractivity contribution in [2.45, 2.75) is 43.6 Å². The molecule has 1 aliphatic heterocycles. The molecule has 2 aliphatic carbocycles. The third kappa shape index (κ3) is 4.00. The van der Waals surface area contributed by atoms with E-state index < -0.39 is 0 Å². The van der Waals surface area contributed by atoms with Gasteiger partial charge < -0.3 is 15.0 Å². The fourth-order valence-corrected chi connectivity index (χ4v) is 6.07. The van der Waals surface area contributed by atoms with Crippen molar-refractivity contribution in [3.63, 3.8) is 0 Å². The van der Waals surface area contributed by atoms with Gasteiger partial charge in [-0.1, -0.05) is 41.9 Å². The number of piperidine rings is 1. The van der Waals surface area contributed by atoms with Gasteiger partial charge in [-0.15, -0.1) is 12.4 Å². The number of rotatable bonds is 6. The van der Waals surface area contributed by atoms with Crippen LogP contribution in [0.1, 0.15) is 54.4 Å². The summed E-state index contributed by atoms with van der Waals surface area (Å²) in [5, 5.41) is 3.96. The third-order valence-electron chi connectivity index (χ3n) is 7.19. The van der Waals surface area contributed by atoms with Crippen molar-refractivity contribution in [1.29, 1.82) is 0 Å². The molecule has 4 nitrogen and oxygen atoms in total. The van der Waals surface area contributed by atoms with Gasteiger partial charge in [0.25, 0.3) is 0 Å². The summed E-state index contributed by atoms with van der Waals surface area (Å²) in [6.07, 6.45) is 3.12. The van der Waals surface area contributed by atoms with E-state index in [9.17, 15) is 4.79 Å². The topological polar surface area (TPSA) is 41.6 Å². The molecule has 1 N–H and O–H groups in total. The Bertz CT molecular complexity index is 958. The van der Waals surface area contributed by atoms with Gasteiger partial charge in [-0.25, -0.2) is 0 Å². The number of carbonyl (C=O) groups is 1. The van der Waals surface area contributed by atoms with E-state index in [1.54, 1.807) is 0 Å². The second-order valence-electron chi connectivity index (χ2n) is 8.91. The molecule has 0 unspecified atom stereocenters. The number of hydrogen-bond acceptors (Lipinski definition) is 3. The number of nitrogens with zero attached hydrogens (tertiary/aromatic N) is 1. The van der Waals surface area contributed by atoms with Crippen LogP contribution in [0, 0.1) is 0 Å². The second kappa shape index (κ2) is 9.11. The largest absolute Gasteiger partial charge is 0.372 e. The van der Waals surface area contributed by atoms with E-state index in [1.165, 1.54) is 22.3 Å². The van der Waals surface area contributed by atoms with Crippen molar-refractivity contribution in [3.05, 3.63) is 69.7 Å². The van der Waals surface area contributed by atoms with Gasteiger partial charge in [-0.05, 0) is 60.6 Å². The highest BCUT2D eigenvalue weighted by atomic mass is 35.5. The Morgan fingerprint density at radius 2 is 1.90 bits per heavy atom. The monoisotopic (exact) mass is 460 g/mol. The van der Waals surface area contributed by atoms with Crippen molar-refractivity contribution in [2.75, 3.05) is 32.8 Å². The van der Waals surface area contributed by atoms with Crippen LogP contribution in [0.4, 0.5) is 0 Å². The molecule has 2 aromatic carbocycles. The summed E-state index contributed by atoms with van der Waals surface area (Å²) >= 11 is 6.43. The number of benzene rings is 2. The molecule has 31 heavy (non-hydrogen) atoms. The number of nitrogens with one attached hydrogen (secondary N) is 1. The number of ether oxygens (including phenoxy) is 1. The molecule has 0 radical (unpaired) electrons. The minimum Gasteiger partial charge on any atom is -0.372 e. The van der Waals surface area contributed by atoms with Crippen molar-refractivity contribution in [1.82, 2.24) is 10.2 Å². The molecule has 2 bridgehead atoms. The average Bonchev–Trinajstić information content (AvgIpc) is 3.25. The fraction of sp³-hybridized carbons (Fsp3) is 0.480. The van der Waals surface area contributed by atoms with Crippen LogP contribution in [0.3, 0.4) is 0 Å². The molecular weight excluding hydrogens is 431 g/mol. The lowest BCUT2D eigenvalue weighted by molar-refractivity contribution is -0.126.